The van der Waals surface area contributed by atoms with E-state index in [1.807, 2.05) is 24.3 Å². The lowest BCUT2D eigenvalue weighted by Gasteiger charge is -2.01. The first-order valence-corrected chi connectivity index (χ1v) is 7.77. The zero-order chi connectivity index (χ0) is 17.1. The molecule has 1 N–H and O–H groups in total. The summed E-state index contributed by atoms with van der Waals surface area (Å²) in [6.07, 6.45) is 1.52. The van der Waals surface area contributed by atoms with Crippen LogP contribution >= 0.6 is 0 Å². The van der Waals surface area contributed by atoms with Crippen molar-refractivity contribution in [3.05, 3.63) is 58.7 Å². The van der Waals surface area contributed by atoms with E-state index in [-0.39, 0.29) is 26.5 Å². The van der Waals surface area contributed by atoms with Crippen LogP contribution in [-0.4, -0.2) is 25.9 Å². The van der Waals surface area contributed by atoms with Crippen molar-refractivity contribution in [1.29, 1.82) is 0 Å². The molecule has 0 spiro atoms. The van der Waals surface area contributed by atoms with E-state index < -0.39 is 0 Å². The molecule has 1 heterocycles. The zero-order valence-corrected chi connectivity index (χ0v) is 13.7. The van der Waals surface area contributed by atoms with Crippen molar-refractivity contribution < 1.29 is 19.1 Å². The van der Waals surface area contributed by atoms with Crippen LogP contribution in [0.25, 0.3) is 0 Å². The monoisotopic (exact) mass is 357 g/mol. The maximum atomic E-state index is 11.2. The lowest BCUT2D eigenvalue weighted by atomic mass is 10.1. The number of amides is 1. The van der Waals surface area contributed by atoms with Crippen molar-refractivity contribution in [3.8, 4) is 11.5 Å². The van der Waals surface area contributed by atoms with Gasteiger partial charge >= 0.3 is 0 Å². The molecule has 0 bridgehead atoms. The van der Waals surface area contributed by atoms with Gasteiger partial charge in [-0.1, -0.05) is 14.9 Å². The average molecular weight is 357 g/mol. The fourth-order valence-electron chi connectivity index (χ4n) is 2.89. The summed E-state index contributed by atoms with van der Waals surface area (Å²) in [5.74, 6) is 1.90. The van der Waals surface area contributed by atoms with E-state index in [1.165, 1.54) is 0 Å². The smallest absolute Gasteiger partial charge is 0.251 e. The molecule has 0 saturated heterocycles. The van der Waals surface area contributed by atoms with Crippen LogP contribution in [0.15, 0.2) is 36.4 Å². The molecule has 0 aromatic heterocycles. The van der Waals surface area contributed by atoms with E-state index in [0.717, 1.165) is 40.2 Å². The lowest BCUT2D eigenvalue weighted by Crippen LogP contribution is -2.12. The highest BCUT2D eigenvalue weighted by Crippen LogP contribution is 2.25. The quantitative estimate of drug-likeness (QED) is 0.881. The summed E-state index contributed by atoms with van der Waals surface area (Å²) in [7, 11) is 3.25. The van der Waals surface area contributed by atoms with Crippen LogP contribution in [0.2, 0.25) is 0 Å². The zero-order valence-electron chi connectivity index (χ0n) is 13.7. The van der Waals surface area contributed by atoms with E-state index in [1.54, 1.807) is 26.4 Å². The first kappa shape index (κ1) is 21.2. The first-order valence-electron chi connectivity index (χ1n) is 7.77. The number of carbonyl (C=O) groups excluding carboxylic acids is 2. The molecule has 2 aliphatic rings. The third kappa shape index (κ3) is 4.23. The molecule has 0 fully saturated rings. The van der Waals surface area contributed by atoms with Crippen molar-refractivity contribution >= 4 is 11.7 Å². The molecule has 1 amide bonds. The second-order valence-electron chi connectivity index (χ2n) is 5.65. The van der Waals surface area contributed by atoms with Crippen LogP contribution in [-0.2, 0) is 13.0 Å². The van der Waals surface area contributed by atoms with Gasteiger partial charge in [0.15, 0.2) is 5.78 Å². The Hall–Kier alpha value is -2.82. The summed E-state index contributed by atoms with van der Waals surface area (Å²) in [6, 6.07) is 11.1. The molecule has 4 rings (SSSR count). The molecule has 26 heavy (non-hydrogen) atoms. The number of hydrogen-bond donors (Lipinski definition) is 1. The fraction of sp³-hybridized carbons (Fsp3) is 0.333. The van der Waals surface area contributed by atoms with Gasteiger partial charge in [0, 0.05) is 24.1 Å². The minimum atomic E-state index is 0. The standard InChI is InChI=1S/C10H10O2.C9H9NO2.2CH4/c1-12-8-3-4-9-7(6-8)2-5-10(9)11;1-12-7-2-3-8-6(4-7)5-10-9(8)11;;/h3-4,6H,2,5H2,1H3;2-4H,5H2,1H3,(H,10,11);2*1H4. The number of carbonyl (C=O) groups is 2. The summed E-state index contributed by atoms with van der Waals surface area (Å²) in [4.78, 5) is 22.3. The van der Waals surface area contributed by atoms with Gasteiger partial charge in [0.1, 0.15) is 11.5 Å². The van der Waals surface area contributed by atoms with Crippen LogP contribution in [0.5, 0.6) is 11.5 Å². The van der Waals surface area contributed by atoms with Crippen molar-refractivity contribution in [1.82, 2.24) is 5.32 Å². The van der Waals surface area contributed by atoms with Gasteiger partial charge in [-0.05, 0) is 53.9 Å². The summed E-state index contributed by atoms with van der Waals surface area (Å²) < 4.78 is 10.1. The molecule has 2 aromatic rings. The van der Waals surface area contributed by atoms with E-state index in [0.29, 0.717) is 13.0 Å². The molecule has 1 aliphatic carbocycles. The first-order chi connectivity index (χ1) is 11.6. The molecule has 0 radical (unpaired) electrons. The highest BCUT2D eigenvalue weighted by atomic mass is 16.5. The number of Topliss-reactive ketones (excluding diaryl/α,β-unsaturated/α-hetero) is 1. The Morgan fingerprint density at radius 1 is 0.808 bits per heavy atom. The van der Waals surface area contributed by atoms with Crippen molar-refractivity contribution in [2.24, 2.45) is 0 Å². The number of fused-ring (bicyclic) bond motifs is 2. The van der Waals surface area contributed by atoms with Gasteiger partial charge in [0.05, 0.1) is 14.2 Å². The molecule has 1 aliphatic heterocycles. The van der Waals surface area contributed by atoms with Crippen molar-refractivity contribution in [2.75, 3.05) is 14.2 Å². The molecule has 0 atom stereocenters. The predicted molar refractivity (Wildman–Crippen MR) is 103 cm³/mol. The average Bonchev–Trinajstić information content (AvgIpc) is 3.18. The van der Waals surface area contributed by atoms with Crippen LogP contribution in [0.1, 0.15) is 53.1 Å². The van der Waals surface area contributed by atoms with Crippen LogP contribution in [0, 0.1) is 0 Å². The van der Waals surface area contributed by atoms with E-state index in [2.05, 4.69) is 5.32 Å². The molecule has 0 saturated carbocycles. The highest BCUT2D eigenvalue weighted by Gasteiger charge is 2.19. The number of nitrogens with one attached hydrogen (secondary N) is 1. The Balaban J connectivity index is 0.000000241. The van der Waals surface area contributed by atoms with Crippen LogP contribution < -0.4 is 14.8 Å². The van der Waals surface area contributed by atoms with Gasteiger partial charge in [-0.25, -0.2) is 0 Å². The number of hydrogen-bond acceptors (Lipinski definition) is 4. The van der Waals surface area contributed by atoms with Crippen LogP contribution in [0.4, 0.5) is 0 Å². The van der Waals surface area contributed by atoms with E-state index in [4.69, 9.17) is 9.47 Å². The number of methoxy groups -OCH3 is 2. The number of benzene rings is 2. The van der Waals surface area contributed by atoms with Crippen LogP contribution in [0.3, 0.4) is 0 Å². The van der Waals surface area contributed by atoms with E-state index >= 15 is 0 Å². The molecule has 0 unspecified atom stereocenters. The second-order valence-corrected chi connectivity index (χ2v) is 5.65. The molecule has 5 heteroatoms. The number of ketones is 1. The van der Waals surface area contributed by atoms with Gasteiger partial charge in [-0.2, -0.15) is 0 Å². The Labute approximate surface area is 155 Å². The number of aryl methyl sites for hydroxylation is 1. The maximum Gasteiger partial charge on any atom is 0.251 e. The second kappa shape index (κ2) is 9.04. The van der Waals surface area contributed by atoms with Gasteiger partial charge in [-0.15, -0.1) is 0 Å². The van der Waals surface area contributed by atoms with Gasteiger partial charge < -0.3 is 14.8 Å². The Morgan fingerprint density at radius 3 is 2.00 bits per heavy atom. The number of ether oxygens (including phenoxy) is 2. The summed E-state index contributed by atoms with van der Waals surface area (Å²) in [5.41, 5.74) is 3.77. The molecule has 5 nitrogen and oxygen atoms in total. The third-order valence-corrected chi connectivity index (χ3v) is 4.23. The third-order valence-electron chi connectivity index (χ3n) is 4.23. The largest absolute Gasteiger partial charge is 0.497 e. The van der Waals surface area contributed by atoms with Crippen molar-refractivity contribution in [3.63, 3.8) is 0 Å². The maximum absolute atomic E-state index is 11.2. The minimum absolute atomic E-state index is 0. The molecular formula is C21H27NO4. The minimum Gasteiger partial charge on any atom is -0.497 e. The SMILES string of the molecule is C.C.COc1ccc2c(c1)CCC2=O.COc1ccc2c(c1)CNC2=O. The highest BCUT2D eigenvalue weighted by molar-refractivity contribution is 6.00. The van der Waals surface area contributed by atoms with Gasteiger partial charge in [0.2, 0.25) is 0 Å². The van der Waals surface area contributed by atoms with E-state index in [9.17, 15) is 9.59 Å². The fourth-order valence-corrected chi connectivity index (χ4v) is 2.89. The molecule has 140 valence electrons. The van der Waals surface area contributed by atoms with Gasteiger partial charge in [-0.3, -0.25) is 9.59 Å². The Kier molecular flexibility index (Phi) is 7.38. The summed E-state index contributed by atoms with van der Waals surface area (Å²) >= 11 is 0. The lowest BCUT2D eigenvalue weighted by molar-refractivity contribution is 0.0963. The summed E-state index contributed by atoms with van der Waals surface area (Å²) in [6.45, 7) is 0.616. The molecule has 2 aromatic carbocycles. The Bertz CT molecular complexity index is 731. The van der Waals surface area contributed by atoms with Crippen molar-refractivity contribution in [2.45, 2.75) is 34.2 Å². The predicted octanol–water partition coefficient (Wildman–Crippen LogP) is 4.03. The topological polar surface area (TPSA) is 64.6 Å². The summed E-state index contributed by atoms with van der Waals surface area (Å²) in [5, 5.41) is 2.74. The normalized spacial score (nSPS) is 13.2. The number of rotatable bonds is 2. The molecular weight excluding hydrogens is 330 g/mol. The Morgan fingerprint density at radius 2 is 1.38 bits per heavy atom. The van der Waals surface area contributed by atoms with Gasteiger partial charge in [0.25, 0.3) is 5.91 Å².